The molecular formula is C19H18F2N6O2S2. The zero-order chi connectivity index (χ0) is 22.4. The van der Waals surface area contributed by atoms with Gasteiger partial charge in [-0.1, -0.05) is 0 Å². The minimum atomic E-state index is -3.74. The van der Waals surface area contributed by atoms with Crippen molar-refractivity contribution in [3.63, 3.8) is 0 Å². The number of sulfonamides is 1. The molecule has 2 aromatic heterocycles. The van der Waals surface area contributed by atoms with Gasteiger partial charge in [-0.25, -0.2) is 31.5 Å². The fourth-order valence-electron chi connectivity index (χ4n) is 3.20. The van der Waals surface area contributed by atoms with E-state index in [1.165, 1.54) is 55.6 Å². The molecule has 4 rings (SSSR count). The zero-order valence-electron chi connectivity index (χ0n) is 16.5. The van der Waals surface area contributed by atoms with Crippen LogP contribution in [0.5, 0.6) is 0 Å². The van der Waals surface area contributed by atoms with E-state index in [1.807, 2.05) is 0 Å². The molecule has 0 saturated heterocycles. The third-order valence-corrected chi connectivity index (χ3v) is 7.56. The first kappa shape index (κ1) is 21.1. The highest BCUT2D eigenvalue weighted by Gasteiger charge is 2.41. The van der Waals surface area contributed by atoms with Gasteiger partial charge in [0, 0.05) is 23.7 Å². The van der Waals surface area contributed by atoms with Crippen LogP contribution in [0.3, 0.4) is 0 Å². The molecule has 31 heavy (non-hydrogen) atoms. The van der Waals surface area contributed by atoms with E-state index in [-0.39, 0.29) is 11.5 Å². The van der Waals surface area contributed by atoms with E-state index in [1.54, 1.807) is 5.38 Å². The average Bonchev–Trinajstić information content (AvgIpc) is 3.16. The molecule has 0 aliphatic carbocycles. The lowest BCUT2D eigenvalue weighted by atomic mass is 9.93. The first-order valence-corrected chi connectivity index (χ1v) is 11.5. The lowest BCUT2D eigenvalue weighted by molar-refractivity contribution is 0.458. The van der Waals surface area contributed by atoms with Crippen LogP contribution in [0.1, 0.15) is 12.5 Å². The first-order chi connectivity index (χ1) is 14.6. The Morgan fingerprint density at radius 2 is 2.00 bits per heavy atom. The monoisotopic (exact) mass is 464 g/mol. The van der Waals surface area contributed by atoms with E-state index in [4.69, 9.17) is 5.73 Å². The molecule has 1 aliphatic heterocycles. The van der Waals surface area contributed by atoms with E-state index in [0.29, 0.717) is 22.2 Å². The van der Waals surface area contributed by atoms with Gasteiger partial charge in [-0.3, -0.25) is 4.98 Å². The molecule has 1 aromatic carbocycles. The van der Waals surface area contributed by atoms with Crippen LogP contribution in [0.4, 0.5) is 19.6 Å². The molecule has 0 bridgehead atoms. The van der Waals surface area contributed by atoms with Gasteiger partial charge in [-0.2, -0.15) is 0 Å². The number of thiazole rings is 1. The fraction of sp³-hybridized carbons (Fsp3) is 0.211. The van der Waals surface area contributed by atoms with Gasteiger partial charge in [0.15, 0.2) is 5.13 Å². The Morgan fingerprint density at radius 3 is 2.68 bits per heavy atom. The van der Waals surface area contributed by atoms with E-state index in [0.717, 1.165) is 10.5 Å². The van der Waals surface area contributed by atoms with Gasteiger partial charge in [0.2, 0.25) is 16.0 Å². The normalized spacial score (nSPS) is 20.4. The molecule has 0 amide bonds. The van der Waals surface area contributed by atoms with Crippen LogP contribution in [0.2, 0.25) is 0 Å². The number of nitrogens with one attached hydrogen (secondary N) is 1. The van der Waals surface area contributed by atoms with Gasteiger partial charge in [-0.05, 0) is 37.3 Å². The SMILES string of the molecule is CN1C(N)=N[C@](C)(c2cc(Nc3nc(-c4ccc(F)cn4)cs3)ccc2F)CS1(=O)=O. The second kappa shape index (κ2) is 7.54. The largest absolute Gasteiger partial charge is 0.369 e. The van der Waals surface area contributed by atoms with Gasteiger partial charge in [0.25, 0.3) is 0 Å². The number of aromatic nitrogens is 2. The Morgan fingerprint density at radius 1 is 1.23 bits per heavy atom. The van der Waals surface area contributed by atoms with Gasteiger partial charge in [-0.15, -0.1) is 11.3 Å². The van der Waals surface area contributed by atoms with Gasteiger partial charge < -0.3 is 11.1 Å². The fourth-order valence-corrected chi connectivity index (χ4v) is 5.38. The number of nitrogens with two attached hydrogens (primary N) is 1. The van der Waals surface area contributed by atoms with Gasteiger partial charge >= 0.3 is 0 Å². The molecule has 0 saturated carbocycles. The van der Waals surface area contributed by atoms with Crippen LogP contribution in [0, 0.1) is 11.6 Å². The number of anilines is 2. The van der Waals surface area contributed by atoms with Crippen LogP contribution in [-0.4, -0.2) is 41.5 Å². The summed E-state index contributed by atoms with van der Waals surface area (Å²) in [7, 11) is -2.44. The van der Waals surface area contributed by atoms with Crippen molar-refractivity contribution in [2.75, 3.05) is 18.1 Å². The third-order valence-electron chi connectivity index (χ3n) is 4.86. The molecule has 3 aromatic rings. The minimum absolute atomic E-state index is 0.0918. The molecule has 8 nitrogen and oxygen atoms in total. The van der Waals surface area contributed by atoms with Crippen LogP contribution in [0.25, 0.3) is 11.4 Å². The molecular weight excluding hydrogens is 446 g/mol. The van der Waals surface area contributed by atoms with Crippen LogP contribution in [0.15, 0.2) is 46.9 Å². The van der Waals surface area contributed by atoms with Crippen LogP contribution < -0.4 is 11.1 Å². The molecule has 0 radical (unpaired) electrons. The third kappa shape index (κ3) is 4.08. The molecule has 0 fully saturated rings. The molecule has 12 heteroatoms. The van der Waals surface area contributed by atoms with Crippen molar-refractivity contribution >= 4 is 38.1 Å². The summed E-state index contributed by atoms with van der Waals surface area (Å²) in [6.07, 6.45) is 1.11. The predicted molar refractivity (Wildman–Crippen MR) is 116 cm³/mol. The Kier molecular flexibility index (Phi) is 5.13. The number of pyridine rings is 1. The second-order valence-corrected chi connectivity index (χ2v) is 10.0. The highest BCUT2D eigenvalue weighted by atomic mass is 32.2. The van der Waals surface area contributed by atoms with E-state index < -0.39 is 32.9 Å². The summed E-state index contributed by atoms with van der Waals surface area (Å²) in [4.78, 5) is 12.6. The van der Waals surface area contributed by atoms with Crippen molar-refractivity contribution in [3.8, 4) is 11.4 Å². The van der Waals surface area contributed by atoms with Crippen LogP contribution >= 0.6 is 11.3 Å². The molecule has 0 spiro atoms. The first-order valence-electron chi connectivity index (χ1n) is 9.04. The number of halogens is 2. The van der Waals surface area contributed by atoms with E-state index in [2.05, 4.69) is 20.3 Å². The molecule has 1 atom stereocenters. The number of rotatable bonds is 4. The predicted octanol–water partition coefficient (Wildman–Crippen LogP) is 3.03. The number of aliphatic imine (C=N–C) groups is 1. The van der Waals surface area contributed by atoms with Gasteiger partial charge in [0.05, 0.1) is 17.6 Å². The lowest BCUT2D eigenvalue weighted by Gasteiger charge is -2.34. The summed E-state index contributed by atoms with van der Waals surface area (Å²) in [6, 6.07) is 7.05. The minimum Gasteiger partial charge on any atom is -0.369 e. The average molecular weight is 465 g/mol. The van der Waals surface area contributed by atoms with Crippen molar-refractivity contribution in [1.29, 1.82) is 0 Å². The molecule has 162 valence electrons. The van der Waals surface area contributed by atoms with Crippen LogP contribution in [-0.2, 0) is 15.6 Å². The summed E-state index contributed by atoms with van der Waals surface area (Å²) >= 11 is 1.29. The summed E-state index contributed by atoms with van der Waals surface area (Å²) in [5.74, 6) is -1.67. The maximum Gasteiger partial charge on any atom is 0.239 e. The highest BCUT2D eigenvalue weighted by Crippen LogP contribution is 2.35. The number of hydrogen-bond donors (Lipinski definition) is 2. The van der Waals surface area contributed by atoms with Crippen molar-refractivity contribution < 1.29 is 17.2 Å². The summed E-state index contributed by atoms with van der Waals surface area (Å²) in [6.45, 7) is 1.52. The molecule has 3 N–H and O–H groups in total. The Bertz CT molecular complexity index is 1280. The topological polar surface area (TPSA) is 114 Å². The summed E-state index contributed by atoms with van der Waals surface area (Å²) in [5, 5.41) is 5.32. The van der Waals surface area contributed by atoms with E-state index in [9.17, 15) is 17.2 Å². The highest BCUT2D eigenvalue weighted by molar-refractivity contribution is 7.89. The molecule has 0 unspecified atom stereocenters. The Labute approximate surface area is 181 Å². The smallest absolute Gasteiger partial charge is 0.239 e. The Hall–Kier alpha value is -3.12. The maximum atomic E-state index is 14.7. The second-order valence-electron chi connectivity index (χ2n) is 7.19. The Balaban J connectivity index is 1.64. The standard InChI is InChI=1S/C19H18F2N6O2S2/c1-19(10-31(28,29)27(2)17(22)26-19)13-7-12(4-5-14(13)21)24-18-25-16(9-30-18)15-6-3-11(20)8-23-15/h3-9H,10H2,1-2H3,(H2,22,26)(H,24,25)/t19-/m0/s1. The van der Waals surface area contributed by atoms with Crippen molar-refractivity contribution in [1.82, 2.24) is 14.3 Å². The number of hydrogen-bond acceptors (Lipinski definition) is 8. The number of guanidine groups is 1. The van der Waals surface area contributed by atoms with Gasteiger partial charge in [0.1, 0.15) is 22.9 Å². The summed E-state index contributed by atoms with van der Waals surface area (Å²) in [5.41, 5.74) is 6.04. The lowest BCUT2D eigenvalue weighted by Crippen LogP contribution is -2.50. The maximum absolute atomic E-state index is 14.7. The van der Waals surface area contributed by atoms with Crippen molar-refractivity contribution in [2.45, 2.75) is 12.5 Å². The number of benzene rings is 1. The van der Waals surface area contributed by atoms with Crippen molar-refractivity contribution in [2.24, 2.45) is 10.7 Å². The molecule has 1 aliphatic rings. The van der Waals surface area contributed by atoms with Crippen molar-refractivity contribution in [3.05, 3.63) is 59.1 Å². The van der Waals surface area contributed by atoms with E-state index >= 15 is 0 Å². The summed E-state index contributed by atoms with van der Waals surface area (Å²) < 4.78 is 53.5. The molecule has 3 heterocycles. The quantitative estimate of drug-likeness (QED) is 0.614. The number of nitrogens with zero attached hydrogens (tertiary/aromatic N) is 4. The zero-order valence-corrected chi connectivity index (χ0v) is 18.1.